The predicted molar refractivity (Wildman–Crippen MR) is 69.6 cm³/mol. The Hall–Kier alpha value is -0.780. The van der Waals surface area contributed by atoms with Gasteiger partial charge in [0.1, 0.15) is 0 Å². The lowest BCUT2D eigenvalue weighted by Crippen LogP contribution is -2.18. The molecule has 0 heterocycles. The van der Waals surface area contributed by atoms with E-state index in [1.165, 1.54) is 6.26 Å². The van der Waals surface area contributed by atoms with E-state index in [2.05, 4.69) is 5.32 Å². The minimum Gasteiger partial charge on any atom is -0.383 e. The zero-order valence-electron chi connectivity index (χ0n) is 9.81. The molecule has 0 spiro atoms. The molecule has 1 rings (SSSR count). The van der Waals surface area contributed by atoms with Gasteiger partial charge < -0.3 is 10.1 Å². The Kier molecular flexibility index (Phi) is 5.24. The van der Waals surface area contributed by atoms with Gasteiger partial charge in [0, 0.05) is 25.6 Å². The summed E-state index contributed by atoms with van der Waals surface area (Å²) < 4.78 is 27.4. The lowest BCUT2D eigenvalue weighted by atomic mass is 10.3. The number of nitrogens with one attached hydrogen (secondary N) is 1. The summed E-state index contributed by atoms with van der Waals surface area (Å²) in [6.45, 7) is 1.03. The number of sulfone groups is 1. The van der Waals surface area contributed by atoms with Gasteiger partial charge in [-0.15, -0.1) is 11.6 Å². The van der Waals surface area contributed by atoms with Crippen LogP contribution in [-0.4, -0.2) is 40.3 Å². The molecule has 1 unspecified atom stereocenters. The van der Waals surface area contributed by atoms with E-state index in [4.69, 9.17) is 16.3 Å². The first-order valence-electron chi connectivity index (χ1n) is 5.10. The van der Waals surface area contributed by atoms with Gasteiger partial charge in [-0.1, -0.05) is 0 Å². The number of ether oxygens (including phenoxy) is 1. The number of anilines is 1. The van der Waals surface area contributed by atoms with Crippen molar-refractivity contribution in [2.24, 2.45) is 0 Å². The fourth-order valence-corrected chi connectivity index (χ4v) is 2.12. The van der Waals surface area contributed by atoms with E-state index in [9.17, 15) is 8.42 Å². The molecule has 0 aliphatic rings. The molecular formula is C11H16ClNO3S. The normalized spacial score (nSPS) is 13.4. The predicted octanol–water partition coefficient (Wildman–Crippen LogP) is 1.76. The van der Waals surface area contributed by atoms with Crippen LogP contribution in [0.1, 0.15) is 0 Å². The van der Waals surface area contributed by atoms with E-state index in [1.54, 1.807) is 31.4 Å². The maximum absolute atomic E-state index is 11.2. The van der Waals surface area contributed by atoms with Crippen LogP contribution in [0.25, 0.3) is 0 Å². The van der Waals surface area contributed by atoms with Crippen molar-refractivity contribution < 1.29 is 13.2 Å². The number of methoxy groups -OCH3 is 1. The Morgan fingerprint density at radius 2 is 1.94 bits per heavy atom. The van der Waals surface area contributed by atoms with Crippen molar-refractivity contribution in [2.45, 2.75) is 10.3 Å². The van der Waals surface area contributed by atoms with Crippen LogP contribution in [0.5, 0.6) is 0 Å². The molecule has 1 aromatic carbocycles. The summed E-state index contributed by atoms with van der Waals surface area (Å²) in [7, 11) is -1.54. The Labute approximate surface area is 107 Å². The van der Waals surface area contributed by atoms with Crippen molar-refractivity contribution in [3.8, 4) is 0 Å². The van der Waals surface area contributed by atoms with Gasteiger partial charge in [0.15, 0.2) is 9.84 Å². The van der Waals surface area contributed by atoms with Crippen molar-refractivity contribution in [3.05, 3.63) is 24.3 Å². The highest BCUT2D eigenvalue weighted by Gasteiger charge is 2.07. The van der Waals surface area contributed by atoms with E-state index in [-0.39, 0.29) is 5.38 Å². The standard InChI is InChI=1S/C11H16ClNO3S/c1-16-8-9(12)7-13-10-3-5-11(6-4-10)17(2,14)15/h3-6,9,13H,7-8H2,1-2H3. The molecule has 1 aromatic rings. The van der Waals surface area contributed by atoms with Crippen molar-refractivity contribution in [3.63, 3.8) is 0 Å². The third-order valence-corrected chi connectivity index (χ3v) is 3.57. The van der Waals surface area contributed by atoms with Crippen LogP contribution >= 0.6 is 11.6 Å². The molecule has 1 atom stereocenters. The Morgan fingerprint density at radius 3 is 2.41 bits per heavy atom. The average Bonchev–Trinajstić information content (AvgIpc) is 2.26. The molecule has 0 bridgehead atoms. The van der Waals surface area contributed by atoms with E-state index < -0.39 is 9.84 Å². The second-order valence-corrected chi connectivity index (χ2v) is 6.36. The molecule has 0 saturated carbocycles. The summed E-state index contributed by atoms with van der Waals surface area (Å²) in [6.07, 6.45) is 1.18. The summed E-state index contributed by atoms with van der Waals surface area (Å²) in [5, 5.41) is 2.98. The van der Waals surface area contributed by atoms with Gasteiger partial charge >= 0.3 is 0 Å². The molecule has 96 valence electrons. The molecule has 0 amide bonds. The number of halogens is 1. The van der Waals surface area contributed by atoms with Crippen LogP contribution in [0.4, 0.5) is 5.69 Å². The van der Waals surface area contributed by atoms with Crippen molar-refractivity contribution in [2.75, 3.05) is 31.8 Å². The van der Waals surface area contributed by atoms with Crippen molar-refractivity contribution >= 4 is 27.1 Å². The van der Waals surface area contributed by atoms with E-state index in [0.717, 1.165) is 5.69 Å². The number of hydrogen-bond donors (Lipinski definition) is 1. The monoisotopic (exact) mass is 277 g/mol. The second kappa shape index (κ2) is 6.23. The summed E-state index contributed by atoms with van der Waals surface area (Å²) in [5.41, 5.74) is 0.833. The minimum atomic E-state index is -3.13. The van der Waals surface area contributed by atoms with Gasteiger partial charge in [-0.2, -0.15) is 0 Å². The lowest BCUT2D eigenvalue weighted by Gasteiger charge is -2.11. The highest BCUT2D eigenvalue weighted by atomic mass is 35.5. The Bertz CT molecular complexity index is 444. The van der Waals surface area contributed by atoms with E-state index in [0.29, 0.717) is 18.0 Å². The third-order valence-electron chi connectivity index (χ3n) is 2.16. The summed E-state index contributed by atoms with van der Waals surface area (Å²) in [5.74, 6) is 0. The van der Waals surface area contributed by atoms with Gasteiger partial charge in [0.25, 0.3) is 0 Å². The summed E-state index contributed by atoms with van der Waals surface area (Å²) in [4.78, 5) is 0.308. The first-order valence-corrected chi connectivity index (χ1v) is 7.43. The molecule has 1 N–H and O–H groups in total. The molecule has 4 nitrogen and oxygen atoms in total. The number of alkyl halides is 1. The zero-order chi connectivity index (χ0) is 12.9. The highest BCUT2D eigenvalue weighted by Crippen LogP contribution is 2.14. The van der Waals surface area contributed by atoms with Crippen molar-refractivity contribution in [1.29, 1.82) is 0 Å². The van der Waals surface area contributed by atoms with Crippen molar-refractivity contribution in [1.82, 2.24) is 0 Å². The van der Waals surface area contributed by atoms with Crippen LogP contribution in [-0.2, 0) is 14.6 Å². The molecule has 0 saturated heterocycles. The van der Waals surface area contributed by atoms with Crippen LogP contribution in [0.3, 0.4) is 0 Å². The SMILES string of the molecule is COCC(Cl)CNc1ccc(S(C)(=O)=O)cc1. The molecule has 0 radical (unpaired) electrons. The van der Waals surface area contributed by atoms with Crippen LogP contribution < -0.4 is 5.32 Å². The van der Waals surface area contributed by atoms with Gasteiger partial charge in [0.2, 0.25) is 0 Å². The summed E-state index contributed by atoms with van der Waals surface area (Å²) in [6, 6.07) is 6.56. The smallest absolute Gasteiger partial charge is 0.175 e. The number of hydrogen-bond acceptors (Lipinski definition) is 4. The van der Waals surface area contributed by atoms with Crippen LogP contribution in [0.2, 0.25) is 0 Å². The molecule has 17 heavy (non-hydrogen) atoms. The summed E-state index contributed by atoms with van der Waals surface area (Å²) >= 11 is 5.95. The molecule has 6 heteroatoms. The average molecular weight is 278 g/mol. The van der Waals surface area contributed by atoms with Gasteiger partial charge in [-0.25, -0.2) is 8.42 Å². The van der Waals surface area contributed by atoms with Crippen LogP contribution in [0, 0.1) is 0 Å². The van der Waals surface area contributed by atoms with E-state index in [1.807, 2.05) is 0 Å². The molecule has 0 fully saturated rings. The Balaban J connectivity index is 2.57. The Morgan fingerprint density at radius 1 is 1.35 bits per heavy atom. The second-order valence-electron chi connectivity index (χ2n) is 3.73. The first-order chi connectivity index (χ1) is 7.93. The largest absolute Gasteiger partial charge is 0.383 e. The zero-order valence-corrected chi connectivity index (χ0v) is 11.4. The van der Waals surface area contributed by atoms with Gasteiger partial charge in [-0.3, -0.25) is 0 Å². The molecule has 0 aliphatic carbocycles. The maximum Gasteiger partial charge on any atom is 0.175 e. The fraction of sp³-hybridized carbons (Fsp3) is 0.455. The highest BCUT2D eigenvalue weighted by molar-refractivity contribution is 7.90. The fourth-order valence-electron chi connectivity index (χ4n) is 1.29. The molecule has 0 aromatic heterocycles. The lowest BCUT2D eigenvalue weighted by molar-refractivity contribution is 0.200. The topological polar surface area (TPSA) is 55.4 Å². The maximum atomic E-state index is 11.2. The van der Waals surface area contributed by atoms with Crippen LogP contribution in [0.15, 0.2) is 29.2 Å². The third kappa shape index (κ3) is 4.93. The van der Waals surface area contributed by atoms with Gasteiger partial charge in [-0.05, 0) is 24.3 Å². The number of benzene rings is 1. The quantitative estimate of drug-likeness (QED) is 0.805. The number of rotatable bonds is 6. The molecule has 0 aliphatic heterocycles. The van der Waals surface area contributed by atoms with Gasteiger partial charge in [0.05, 0.1) is 16.9 Å². The van der Waals surface area contributed by atoms with E-state index >= 15 is 0 Å². The molecular weight excluding hydrogens is 262 g/mol. The minimum absolute atomic E-state index is 0.116. The first kappa shape index (κ1) is 14.3.